The van der Waals surface area contributed by atoms with Gasteiger partial charge in [-0.1, -0.05) is 203 Å². The molecule has 368 valence electrons. The van der Waals surface area contributed by atoms with E-state index in [1.165, 1.54) is 0 Å². The molecule has 0 amide bonds. The van der Waals surface area contributed by atoms with E-state index in [4.69, 9.17) is 14.2 Å². The molecule has 5 aromatic rings. The van der Waals surface area contributed by atoms with Crippen LogP contribution >= 0.6 is 0 Å². The van der Waals surface area contributed by atoms with E-state index in [9.17, 15) is 9.90 Å². The van der Waals surface area contributed by atoms with Crippen molar-refractivity contribution in [3.63, 3.8) is 0 Å². The number of hydrogen-bond donors (Lipinski definition) is 1. The van der Waals surface area contributed by atoms with Crippen molar-refractivity contribution in [2.45, 2.75) is 209 Å². The molecule has 0 radical (unpaired) electrons. The standard InChI is InChI=1S/C63H86O5/c1-56(2,3)39-25-38(26-40(27-39)57(4,5)6)52-50(55(64)65)37-51(66-47-31-41(58(7,8)9)28-42(32-47)59(10,11)12)53(67-48-33-43(60(13,14)15)29-44(34-48)61(16,17)18)54(52)68-49-35-45(62(19,20)21)30-46(36-49)63(22,23)24/h25-37H,1-24H3,(H,64,65). The summed E-state index contributed by atoms with van der Waals surface area (Å²) in [6.07, 6.45) is 0. The van der Waals surface area contributed by atoms with Crippen LogP contribution in [-0.2, 0) is 43.3 Å². The summed E-state index contributed by atoms with van der Waals surface area (Å²) in [4.78, 5) is 14.1. The fourth-order valence-corrected chi connectivity index (χ4v) is 7.91. The van der Waals surface area contributed by atoms with Gasteiger partial charge < -0.3 is 19.3 Å². The third-order valence-corrected chi connectivity index (χ3v) is 13.0. The lowest BCUT2D eigenvalue weighted by Gasteiger charge is -2.29. The molecule has 0 aliphatic carbocycles. The minimum Gasteiger partial charge on any atom is -0.478 e. The molecule has 5 heteroatoms. The second-order valence-electron chi connectivity index (χ2n) is 27.6. The van der Waals surface area contributed by atoms with Gasteiger partial charge in [-0.3, -0.25) is 0 Å². The van der Waals surface area contributed by atoms with Crippen LogP contribution in [0.15, 0.2) is 78.9 Å². The summed E-state index contributed by atoms with van der Waals surface area (Å²) in [5.74, 6) is 1.43. The first kappa shape index (κ1) is 53.9. The Morgan fingerprint density at radius 1 is 0.324 bits per heavy atom. The zero-order chi connectivity index (χ0) is 51.7. The molecule has 5 aromatic carbocycles. The molecule has 0 atom stereocenters. The number of benzene rings is 5. The summed E-state index contributed by atoms with van der Waals surface area (Å²) in [6.45, 7) is 52.8. The monoisotopic (exact) mass is 923 g/mol. The molecule has 68 heavy (non-hydrogen) atoms. The van der Waals surface area contributed by atoms with Crippen LogP contribution in [0.5, 0.6) is 34.5 Å². The van der Waals surface area contributed by atoms with Crippen LogP contribution in [0.25, 0.3) is 11.1 Å². The van der Waals surface area contributed by atoms with E-state index in [1.807, 2.05) is 0 Å². The Hall–Kier alpha value is -5.03. The molecule has 5 nitrogen and oxygen atoms in total. The lowest BCUT2D eigenvalue weighted by Crippen LogP contribution is -2.17. The van der Waals surface area contributed by atoms with Crippen LogP contribution in [0.2, 0.25) is 0 Å². The van der Waals surface area contributed by atoms with Crippen molar-refractivity contribution in [3.05, 3.63) is 129 Å². The lowest BCUT2D eigenvalue weighted by molar-refractivity contribution is 0.0697. The maximum absolute atomic E-state index is 14.1. The number of carboxylic acid groups (broad SMARTS) is 1. The number of ether oxygens (including phenoxy) is 3. The summed E-state index contributed by atoms with van der Waals surface area (Å²) in [6, 6.07) is 27.4. The first-order valence-electron chi connectivity index (χ1n) is 24.7. The van der Waals surface area contributed by atoms with Gasteiger partial charge in [-0.25, -0.2) is 4.79 Å². The van der Waals surface area contributed by atoms with Gasteiger partial charge in [0.05, 0.1) is 5.56 Å². The Bertz CT molecular complexity index is 2540. The highest BCUT2D eigenvalue weighted by atomic mass is 16.5. The molecule has 0 aromatic heterocycles. The molecule has 0 fully saturated rings. The Morgan fingerprint density at radius 3 is 0.809 bits per heavy atom. The summed E-state index contributed by atoms with van der Waals surface area (Å²) in [5.41, 5.74) is 8.17. The Kier molecular flexibility index (Phi) is 14.3. The fourth-order valence-electron chi connectivity index (χ4n) is 7.91. The van der Waals surface area contributed by atoms with Crippen molar-refractivity contribution >= 4 is 5.97 Å². The first-order valence-corrected chi connectivity index (χ1v) is 24.7. The van der Waals surface area contributed by atoms with E-state index in [-0.39, 0.29) is 66.1 Å². The van der Waals surface area contributed by atoms with Crippen molar-refractivity contribution < 1.29 is 24.1 Å². The lowest BCUT2D eigenvalue weighted by atomic mass is 9.78. The van der Waals surface area contributed by atoms with Crippen LogP contribution in [0.1, 0.15) is 221 Å². The van der Waals surface area contributed by atoms with Crippen LogP contribution in [0, 0.1) is 0 Å². The van der Waals surface area contributed by atoms with Crippen LogP contribution in [-0.4, -0.2) is 11.1 Å². The third-order valence-electron chi connectivity index (χ3n) is 13.0. The smallest absolute Gasteiger partial charge is 0.336 e. The molecule has 5 rings (SSSR count). The molecular weight excluding hydrogens is 837 g/mol. The zero-order valence-corrected chi connectivity index (χ0v) is 46.6. The maximum Gasteiger partial charge on any atom is 0.336 e. The Labute approximate surface area is 412 Å². The molecule has 1 N–H and O–H groups in total. The number of carboxylic acids is 1. The first-order chi connectivity index (χ1) is 30.5. The van der Waals surface area contributed by atoms with Gasteiger partial charge in [0.2, 0.25) is 5.75 Å². The van der Waals surface area contributed by atoms with Gasteiger partial charge in [0.1, 0.15) is 17.2 Å². The van der Waals surface area contributed by atoms with Crippen molar-refractivity contribution in [2.24, 2.45) is 0 Å². The number of hydrogen-bond acceptors (Lipinski definition) is 4. The SMILES string of the molecule is CC(C)(C)c1cc(Oc2cc(C(=O)O)c(-c3cc(C(C)(C)C)cc(C(C)(C)C)c3)c(Oc3cc(C(C)(C)C)cc(C(C)(C)C)c3)c2Oc2cc(C(C)(C)C)cc(C(C)(C)C)c2)cc(C(C)(C)C)c1. The average molecular weight is 923 g/mol. The van der Waals surface area contributed by atoms with Gasteiger partial charge in [-0.15, -0.1) is 0 Å². The van der Waals surface area contributed by atoms with Gasteiger partial charge >= 0.3 is 5.97 Å². The van der Waals surface area contributed by atoms with E-state index >= 15 is 0 Å². The third kappa shape index (κ3) is 12.8. The van der Waals surface area contributed by atoms with Gasteiger partial charge in [-0.2, -0.15) is 0 Å². The molecule has 0 saturated heterocycles. The summed E-state index contributed by atoms with van der Waals surface area (Å²) in [7, 11) is 0. The van der Waals surface area contributed by atoms with Crippen molar-refractivity contribution in [2.75, 3.05) is 0 Å². The van der Waals surface area contributed by atoms with Crippen molar-refractivity contribution in [3.8, 4) is 45.6 Å². The molecule has 0 heterocycles. The van der Waals surface area contributed by atoms with Crippen LogP contribution in [0.4, 0.5) is 0 Å². The second-order valence-corrected chi connectivity index (χ2v) is 27.6. The molecule has 0 saturated carbocycles. The quantitative estimate of drug-likeness (QED) is 0.168. The second kappa shape index (κ2) is 18.1. The minimum atomic E-state index is -1.11. The molecule has 0 spiro atoms. The highest BCUT2D eigenvalue weighted by molar-refractivity contribution is 6.00. The van der Waals surface area contributed by atoms with E-state index in [2.05, 4.69) is 239 Å². The zero-order valence-electron chi connectivity index (χ0n) is 46.6. The Morgan fingerprint density at radius 2 is 0.559 bits per heavy atom. The molecule has 0 aliphatic rings. The predicted octanol–water partition coefficient (Wildman–Crippen LogP) is 18.8. The van der Waals surface area contributed by atoms with Crippen LogP contribution in [0.3, 0.4) is 0 Å². The van der Waals surface area contributed by atoms with Gasteiger partial charge in [-0.05, 0) is 130 Å². The fraction of sp³-hybridized carbons (Fsp3) is 0.508. The van der Waals surface area contributed by atoms with Gasteiger partial charge in [0.15, 0.2) is 11.5 Å². The Balaban J connectivity index is 2.09. The average Bonchev–Trinajstić information content (AvgIpc) is 3.15. The molecule has 0 aliphatic heterocycles. The number of aromatic carboxylic acids is 1. The highest BCUT2D eigenvalue weighted by Crippen LogP contribution is 2.54. The summed E-state index contributed by atoms with van der Waals surface area (Å²) >= 11 is 0. The van der Waals surface area contributed by atoms with E-state index in [0.29, 0.717) is 22.8 Å². The van der Waals surface area contributed by atoms with E-state index in [1.54, 1.807) is 6.07 Å². The van der Waals surface area contributed by atoms with E-state index < -0.39 is 5.97 Å². The summed E-state index contributed by atoms with van der Waals surface area (Å²) in [5, 5.41) is 11.6. The number of carbonyl (C=O) groups is 1. The van der Waals surface area contributed by atoms with Gasteiger partial charge in [0.25, 0.3) is 0 Å². The van der Waals surface area contributed by atoms with Crippen molar-refractivity contribution in [1.29, 1.82) is 0 Å². The normalized spacial score (nSPS) is 13.4. The molecule has 0 unspecified atom stereocenters. The molecule has 0 bridgehead atoms. The number of rotatable bonds is 8. The predicted molar refractivity (Wildman–Crippen MR) is 288 cm³/mol. The molecular formula is C63H86O5. The highest BCUT2D eigenvalue weighted by Gasteiger charge is 2.33. The summed E-state index contributed by atoms with van der Waals surface area (Å²) < 4.78 is 22.0. The maximum atomic E-state index is 14.1. The van der Waals surface area contributed by atoms with Crippen LogP contribution < -0.4 is 14.2 Å². The minimum absolute atomic E-state index is 0.0399. The largest absolute Gasteiger partial charge is 0.478 e. The van der Waals surface area contributed by atoms with E-state index in [0.717, 1.165) is 50.1 Å². The van der Waals surface area contributed by atoms with Crippen molar-refractivity contribution in [1.82, 2.24) is 0 Å². The van der Waals surface area contributed by atoms with Gasteiger partial charge in [0, 0.05) is 11.6 Å². The topological polar surface area (TPSA) is 65.0 Å².